The van der Waals surface area contributed by atoms with E-state index >= 15 is 0 Å². The van der Waals surface area contributed by atoms with Gasteiger partial charge in [-0.15, -0.1) is 0 Å². The van der Waals surface area contributed by atoms with Crippen molar-refractivity contribution in [3.63, 3.8) is 0 Å². The summed E-state index contributed by atoms with van der Waals surface area (Å²) in [6.07, 6.45) is -0.994. The highest BCUT2D eigenvalue weighted by Gasteiger charge is 2.02. The molecule has 0 aromatic rings. The monoisotopic (exact) mass is 286 g/mol. The van der Waals surface area contributed by atoms with E-state index in [0.717, 1.165) is 0 Å². The number of hydrogen-bond acceptors (Lipinski definition) is 4. The van der Waals surface area contributed by atoms with Crippen molar-refractivity contribution in [2.75, 3.05) is 13.1 Å². The fourth-order valence-corrected chi connectivity index (χ4v) is 0.783. The highest BCUT2D eigenvalue weighted by Crippen LogP contribution is 1.86. The number of carbonyl (C=O) groups excluding carboxylic acids is 2. The van der Waals surface area contributed by atoms with E-state index in [1.54, 1.807) is 27.7 Å². The molecule has 0 heterocycles. The molecule has 0 bridgehead atoms. The Labute approximate surface area is 120 Å². The zero-order valence-corrected chi connectivity index (χ0v) is 12.7. The first-order valence-corrected chi connectivity index (χ1v) is 6.31. The molecule has 0 aliphatic rings. The van der Waals surface area contributed by atoms with E-state index in [0.29, 0.717) is 11.1 Å². The van der Waals surface area contributed by atoms with Crippen LogP contribution in [0.1, 0.15) is 27.7 Å². The minimum absolute atomic E-state index is 0.207. The lowest BCUT2D eigenvalue weighted by atomic mass is 10.3. The molecule has 0 saturated carbocycles. The average molecular weight is 286 g/mol. The Kier molecular flexibility index (Phi) is 11.6. The minimum atomic E-state index is -0.497. The largest absolute Gasteiger partial charge is 0.392 e. The van der Waals surface area contributed by atoms with Gasteiger partial charge in [-0.25, -0.2) is 0 Å². The van der Waals surface area contributed by atoms with E-state index in [1.165, 1.54) is 0 Å². The summed E-state index contributed by atoms with van der Waals surface area (Å²) in [6.45, 7) is 13.9. The summed E-state index contributed by atoms with van der Waals surface area (Å²) in [6, 6.07) is 0. The fourth-order valence-electron chi connectivity index (χ4n) is 0.783. The topological polar surface area (TPSA) is 98.7 Å². The Morgan fingerprint density at radius 1 is 0.900 bits per heavy atom. The lowest BCUT2D eigenvalue weighted by Gasteiger charge is -2.05. The lowest BCUT2D eigenvalue weighted by Crippen LogP contribution is -2.30. The molecule has 0 rings (SSSR count). The molecule has 2 atom stereocenters. The van der Waals surface area contributed by atoms with Crippen molar-refractivity contribution in [3.8, 4) is 0 Å². The third kappa shape index (κ3) is 14.4. The quantitative estimate of drug-likeness (QED) is 0.521. The third-order valence-electron chi connectivity index (χ3n) is 1.89. The second kappa shape index (κ2) is 11.2. The number of aliphatic hydroxyl groups excluding tert-OH is 2. The fraction of sp³-hybridized carbons (Fsp3) is 0.571. The number of amides is 2. The van der Waals surface area contributed by atoms with E-state index in [9.17, 15) is 9.59 Å². The van der Waals surface area contributed by atoms with Gasteiger partial charge >= 0.3 is 0 Å². The molecule has 0 saturated heterocycles. The SMILES string of the molecule is C=C(C)C(=O)NCC(C)O.C=C(C)C(=O)NCC(C)O. The smallest absolute Gasteiger partial charge is 0.246 e. The van der Waals surface area contributed by atoms with Gasteiger partial charge in [-0.3, -0.25) is 9.59 Å². The van der Waals surface area contributed by atoms with Crippen LogP contribution in [0.3, 0.4) is 0 Å². The van der Waals surface area contributed by atoms with Gasteiger partial charge < -0.3 is 20.8 Å². The van der Waals surface area contributed by atoms with Crippen LogP contribution >= 0.6 is 0 Å². The maximum Gasteiger partial charge on any atom is 0.246 e. The van der Waals surface area contributed by atoms with Crippen LogP contribution in [0.25, 0.3) is 0 Å². The molecule has 2 unspecified atom stereocenters. The molecule has 0 aliphatic heterocycles. The zero-order valence-electron chi connectivity index (χ0n) is 12.7. The zero-order chi connectivity index (χ0) is 16.3. The molecule has 0 aliphatic carbocycles. The Morgan fingerprint density at radius 3 is 1.30 bits per heavy atom. The molecule has 0 fully saturated rings. The molecule has 0 radical (unpaired) electrons. The van der Waals surface area contributed by atoms with Crippen LogP contribution in [0.15, 0.2) is 24.3 Å². The van der Waals surface area contributed by atoms with Gasteiger partial charge in [-0.1, -0.05) is 13.2 Å². The lowest BCUT2D eigenvalue weighted by molar-refractivity contribution is -0.118. The third-order valence-corrected chi connectivity index (χ3v) is 1.89. The molecule has 6 heteroatoms. The van der Waals surface area contributed by atoms with E-state index in [2.05, 4.69) is 23.8 Å². The minimum Gasteiger partial charge on any atom is -0.392 e. The van der Waals surface area contributed by atoms with E-state index in [1.807, 2.05) is 0 Å². The Hall–Kier alpha value is -1.66. The van der Waals surface area contributed by atoms with Gasteiger partial charge in [0.25, 0.3) is 0 Å². The van der Waals surface area contributed by atoms with Crippen molar-refractivity contribution in [3.05, 3.63) is 24.3 Å². The van der Waals surface area contributed by atoms with Gasteiger partial charge in [0.1, 0.15) is 0 Å². The van der Waals surface area contributed by atoms with Crippen molar-refractivity contribution in [2.45, 2.75) is 39.9 Å². The number of aliphatic hydroxyl groups is 2. The summed E-state index contributed by atoms with van der Waals surface area (Å²) in [5.41, 5.74) is 0.918. The van der Waals surface area contributed by atoms with Gasteiger partial charge in [-0.05, 0) is 27.7 Å². The van der Waals surface area contributed by atoms with Gasteiger partial charge in [0.15, 0.2) is 0 Å². The number of rotatable bonds is 6. The van der Waals surface area contributed by atoms with Gasteiger partial charge in [0.2, 0.25) is 11.8 Å². The van der Waals surface area contributed by atoms with Crippen molar-refractivity contribution < 1.29 is 19.8 Å². The normalized spacial score (nSPS) is 12.3. The molecule has 0 aromatic carbocycles. The number of hydrogen-bond donors (Lipinski definition) is 4. The summed E-state index contributed by atoms with van der Waals surface area (Å²) >= 11 is 0. The van der Waals surface area contributed by atoms with Crippen molar-refractivity contribution in [2.24, 2.45) is 0 Å². The van der Waals surface area contributed by atoms with Crippen LogP contribution in [-0.4, -0.2) is 47.3 Å². The van der Waals surface area contributed by atoms with Gasteiger partial charge in [0, 0.05) is 24.2 Å². The average Bonchev–Trinajstić information content (AvgIpc) is 2.33. The highest BCUT2D eigenvalue weighted by atomic mass is 16.3. The van der Waals surface area contributed by atoms with E-state index < -0.39 is 12.2 Å². The maximum absolute atomic E-state index is 10.7. The summed E-state index contributed by atoms with van der Waals surface area (Å²) in [5.74, 6) is -0.415. The van der Waals surface area contributed by atoms with Gasteiger partial charge in [-0.2, -0.15) is 0 Å². The molecule has 0 aromatic heterocycles. The first-order chi connectivity index (χ1) is 9.07. The molecule has 20 heavy (non-hydrogen) atoms. The van der Waals surface area contributed by atoms with Crippen LogP contribution in [0.2, 0.25) is 0 Å². The molecule has 2 amide bonds. The van der Waals surface area contributed by atoms with Crippen LogP contribution in [0.5, 0.6) is 0 Å². The second-order valence-corrected chi connectivity index (χ2v) is 4.68. The van der Waals surface area contributed by atoms with Crippen LogP contribution < -0.4 is 10.6 Å². The summed E-state index contributed by atoms with van der Waals surface area (Å²) in [4.78, 5) is 21.5. The van der Waals surface area contributed by atoms with Crippen LogP contribution in [0, 0.1) is 0 Å². The van der Waals surface area contributed by atoms with E-state index in [4.69, 9.17) is 10.2 Å². The molecular weight excluding hydrogens is 260 g/mol. The number of nitrogens with one attached hydrogen (secondary N) is 2. The molecule has 6 nitrogen and oxygen atoms in total. The van der Waals surface area contributed by atoms with Gasteiger partial charge in [0.05, 0.1) is 12.2 Å². The Morgan fingerprint density at radius 2 is 1.15 bits per heavy atom. The Bertz CT molecular complexity index is 315. The number of carbonyl (C=O) groups is 2. The predicted molar refractivity (Wildman–Crippen MR) is 79.0 cm³/mol. The van der Waals surface area contributed by atoms with Crippen LogP contribution in [-0.2, 0) is 9.59 Å². The van der Waals surface area contributed by atoms with Crippen molar-refractivity contribution >= 4 is 11.8 Å². The molecule has 4 N–H and O–H groups in total. The first kappa shape index (κ1) is 20.7. The second-order valence-electron chi connectivity index (χ2n) is 4.68. The van der Waals surface area contributed by atoms with E-state index in [-0.39, 0.29) is 24.9 Å². The Balaban J connectivity index is 0. The van der Waals surface area contributed by atoms with Crippen molar-refractivity contribution in [1.29, 1.82) is 0 Å². The van der Waals surface area contributed by atoms with Crippen molar-refractivity contribution in [1.82, 2.24) is 10.6 Å². The summed E-state index contributed by atoms with van der Waals surface area (Å²) in [7, 11) is 0. The first-order valence-electron chi connectivity index (χ1n) is 6.31. The van der Waals surface area contributed by atoms with Crippen LogP contribution in [0.4, 0.5) is 0 Å². The maximum atomic E-state index is 10.7. The molecular formula is C14H26N2O4. The predicted octanol–water partition coefficient (Wildman–Crippen LogP) is 0.119. The standard InChI is InChI=1S/2C7H13NO2/c2*1-5(2)7(10)8-4-6(3)9/h2*6,9H,1,4H2,2-3H3,(H,8,10). The summed E-state index contributed by atoms with van der Waals surface area (Å²) < 4.78 is 0. The summed E-state index contributed by atoms with van der Waals surface area (Å²) in [5, 5.41) is 22.5. The highest BCUT2D eigenvalue weighted by molar-refractivity contribution is 5.92. The molecule has 116 valence electrons. The molecule has 0 spiro atoms.